The highest BCUT2D eigenvalue weighted by Gasteiger charge is 2.46. The molecule has 19 heavy (non-hydrogen) atoms. The van der Waals surface area contributed by atoms with Gasteiger partial charge in [-0.3, -0.25) is 0 Å². The van der Waals surface area contributed by atoms with Gasteiger partial charge in [-0.05, 0) is 5.04 Å². The van der Waals surface area contributed by atoms with Crippen LogP contribution in [0.5, 0.6) is 0 Å². The summed E-state index contributed by atoms with van der Waals surface area (Å²) in [6, 6.07) is 22.2. The summed E-state index contributed by atoms with van der Waals surface area (Å²) in [5.41, 5.74) is 0. The number of alkyl halides is 1. The Morgan fingerprint density at radius 3 is 1.42 bits per heavy atom. The van der Waals surface area contributed by atoms with E-state index in [9.17, 15) is 0 Å². The summed E-state index contributed by atoms with van der Waals surface area (Å²) < 4.78 is 1.21. The molecule has 0 bridgehead atoms. The van der Waals surface area contributed by atoms with E-state index < -0.39 is 8.07 Å². The predicted molar refractivity (Wildman–Crippen MR) is 96.5 cm³/mol. The highest BCUT2D eigenvalue weighted by atomic mass is 127. The van der Waals surface area contributed by atoms with Gasteiger partial charge in [-0.1, -0.05) is 114 Å². The summed E-state index contributed by atoms with van der Waals surface area (Å²) >= 11 is 2.60. The molecule has 0 heterocycles. The van der Waals surface area contributed by atoms with Gasteiger partial charge in [-0.25, -0.2) is 0 Å². The summed E-state index contributed by atoms with van der Waals surface area (Å²) in [6.45, 7) is 7.20. The molecule has 2 rings (SSSR count). The zero-order chi connectivity index (χ0) is 13.9. The van der Waals surface area contributed by atoms with Crippen molar-refractivity contribution in [2.24, 2.45) is 0 Å². The van der Waals surface area contributed by atoms with Crippen molar-refractivity contribution < 1.29 is 0 Å². The number of rotatable bonds is 3. The summed E-state index contributed by atoms with van der Waals surface area (Å²) in [5.74, 6) is 0. The molecule has 0 amide bonds. The van der Waals surface area contributed by atoms with Gasteiger partial charge in [0.05, 0.1) is 0 Å². The molecule has 0 atom stereocenters. The maximum Gasteiger partial charge on any atom is 0.132 e. The first-order chi connectivity index (χ1) is 9.02. The summed E-state index contributed by atoms with van der Waals surface area (Å²) in [6.07, 6.45) is 0. The van der Waals surface area contributed by atoms with Gasteiger partial charge in [-0.2, -0.15) is 0 Å². The lowest BCUT2D eigenvalue weighted by atomic mass is 10.2. The zero-order valence-electron chi connectivity index (χ0n) is 11.9. The normalized spacial score (nSPS) is 12.4. The lowest BCUT2D eigenvalue weighted by molar-refractivity contribution is 0.734. The van der Waals surface area contributed by atoms with Crippen molar-refractivity contribution in [2.45, 2.75) is 25.8 Å². The molecular formula is C17H21ISi. The van der Waals surface area contributed by atoms with E-state index in [0.717, 1.165) is 0 Å². The lowest BCUT2D eigenvalue weighted by Gasteiger charge is -2.43. The minimum atomic E-state index is -1.74. The maximum absolute atomic E-state index is 2.60. The van der Waals surface area contributed by atoms with Crippen molar-refractivity contribution in [3.05, 3.63) is 60.7 Å². The average molecular weight is 380 g/mol. The van der Waals surface area contributed by atoms with Crippen LogP contribution in [-0.2, 0) is 0 Å². The molecule has 0 saturated carbocycles. The van der Waals surface area contributed by atoms with Gasteiger partial charge in [0, 0.05) is 4.05 Å². The quantitative estimate of drug-likeness (QED) is 0.429. The smallest absolute Gasteiger partial charge is 0.0890 e. The minimum Gasteiger partial charge on any atom is -0.0890 e. The van der Waals surface area contributed by atoms with E-state index in [4.69, 9.17) is 0 Å². The third-order valence-corrected chi connectivity index (χ3v) is 13.0. The second kappa shape index (κ2) is 5.79. The summed E-state index contributed by atoms with van der Waals surface area (Å²) in [5, 5.41) is 3.39. The number of hydrogen-bond acceptors (Lipinski definition) is 0. The Labute approximate surface area is 131 Å². The highest BCUT2D eigenvalue weighted by molar-refractivity contribution is 14.1. The van der Waals surface area contributed by atoms with Crippen molar-refractivity contribution in [2.75, 3.05) is 4.05 Å². The van der Waals surface area contributed by atoms with Crippen molar-refractivity contribution in [1.82, 2.24) is 0 Å². The third-order valence-electron chi connectivity index (χ3n) is 4.01. The fourth-order valence-corrected chi connectivity index (χ4v) is 13.2. The van der Waals surface area contributed by atoms with Gasteiger partial charge in [0.25, 0.3) is 0 Å². The van der Waals surface area contributed by atoms with E-state index in [1.165, 1.54) is 4.05 Å². The van der Waals surface area contributed by atoms with E-state index >= 15 is 0 Å². The molecular weight excluding hydrogens is 359 g/mol. The molecule has 0 unspecified atom stereocenters. The van der Waals surface area contributed by atoms with Crippen LogP contribution >= 0.6 is 22.6 Å². The van der Waals surface area contributed by atoms with Crippen LogP contribution in [0.15, 0.2) is 60.7 Å². The average Bonchev–Trinajstić information content (AvgIpc) is 2.41. The Hall–Kier alpha value is -0.613. The zero-order valence-corrected chi connectivity index (χ0v) is 15.0. The van der Waals surface area contributed by atoms with E-state index in [-0.39, 0.29) is 0 Å². The Bertz CT molecular complexity index is 474. The molecule has 0 nitrogen and oxygen atoms in total. The summed E-state index contributed by atoms with van der Waals surface area (Å²) in [4.78, 5) is 0. The Balaban J connectivity index is 2.70. The van der Waals surface area contributed by atoms with Crippen LogP contribution < -0.4 is 10.4 Å². The van der Waals surface area contributed by atoms with E-state index in [2.05, 4.69) is 104 Å². The van der Waals surface area contributed by atoms with Crippen LogP contribution in [0.1, 0.15) is 20.8 Å². The van der Waals surface area contributed by atoms with Gasteiger partial charge in [0.1, 0.15) is 8.07 Å². The molecule has 2 aromatic carbocycles. The Morgan fingerprint density at radius 1 is 0.789 bits per heavy atom. The van der Waals surface area contributed by atoms with E-state index in [1.54, 1.807) is 10.4 Å². The highest BCUT2D eigenvalue weighted by Crippen LogP contribution is 2.36. The molecule has 0 aliphatic rings. The molecule has 0 aromatic heterocycles. The Kier molecular flexibility index (Phi) is 4.51. The molecule has 2 heteroatoms. The fraction of sp³-hybridized carbons (Fsp3) is 0.294. The van der Waals surface area contributed by atoms with Crippen molar-refractivity contribution in [3.63, 3.8) is 0 Å². The first kappa shape index (κ1) is 14.8. The van der Waals surface area contributed by atoms with Gasteiger partial charge in [0.15, 0.2) is 0 Å². The van der Waals surface area contributed by atoms with Gasteiger partial charge < -0.3 is 0 Å². The van der Waals surface area contributed by atoms with Crippen LogP contribution in [0.25, 0.3) is 0 Å². The SMILES string of the molecule is CC(C)(C)[Si](CI)(c1ccccc1)c1ccccc1. The molecule has 0 saturated heterocycles. The molecule has 0 aliphatic carbocycles. The minimum absolute atomic E-state index is 0.302. The van der Waals surface area contributed by atoms with Crippen LogP contribution in [0, 0.1) is 0 Å². The van der Waals surface area contributed by atoms with E-state index in [1.807, 2.05) is 0 Å². The molecule has 0 spiro atoms. The van der Waals surface area contributed by atoms with Gasteiger partial charge >= 0.3 is 0 Å². The lowest BCUT2D eigenvalue weighted by Crippen LogP contribution is -2.66. The molecule has 0 N–H and O–H groups in total. The maximum atomic E-state index is 2.60. The molecule has 0 radical (unpaired) electrons. The first-order valence-corrected chi connectivity index (χ1v) is 10.4. The molecule has 100 valence electrons. The molecule has 2 aromatic rings. The van der Waals surface area contributed by atoms with Crippen LogP contribution in [0.4, 0.5) is 0 Å². The van der Waals surface area contributed by atoms with Crippen molar-refractivity contribution >= 4 is 41.0 Å². The van der Waals surface area contributed by atoms with Crippen LogP contribution in [0.2, 0.25) is 5.04 Å². The van der Waals surface area contributed by atoms with E-state index in [0.29, 0.717) is 5.04 Å². The first-order valence-electron chi connectivity index (χ1n) is 6.69. The topological polar surface area (TPSA) is 0 Å². The second-order valence-electron chi connectivity index (χ2n) is 6.02. The molecule has 0 aliphatic heterocycles. The predicted octanol–water partition coefficient (Wildman–Crippen LogP) is 4.02. The van der Waals surface area contributed by atoms with Crippen molar-refractivity contribution in [1.29, 1.82) is 0 Å². The summed E-state index contributed by atoms with van der Waals surface area (Å²) in [7, 11) is -1.74. The number of halogens is 1. The van der Waals surface area contributed by atoms with Gasteiger partial charge in [0.2, 0.25) is 0 Å². The third kappa shape index (κ3) is 2.65. The Morgan fingerprint density at radius 2 is 1.16 bits per heavy atom. The number of hydrogen-bond donors (Lipinski definition) is 0. The van der Waals surface area contributed by atoms with Crippen molar-refractivity contribution in [3.8, 4) is 0 Å². The largest absolute Gasteiger partial charge is 0.132 e. The van der Waals surface area contributed by atoms with Crippen LogP contribution in [0.3, 0.4) is 0 Å². The van der Waals surface area contributed by atoms with Crippen LogP contribution in [-0.4, -0.2) is 12.1 Å². The standard InChI is InChI=1S/C17H21ISi/c1-17(2,3)19(14-18,15-10-6-4-7-11-15)16-12-8-5-9-13-16/h4-13H,14H2,1-3H3. The fourth-order valence-electron chi connectivity index (χ4n) is 2.83. The monoisotopic (exact) mass is 380 g/mol. The number of benzene rings is 2. The molecule has 0 fully saturated rings. The van der Waals surface area contributed by atoms with Gasteiger partial charge in [-0.15, -0.1) is 0 Å². The second-order valence-corrected chi connectivity index (χ2v) is 13.0.